The van der Waals surface area contributed by atoms with Crippen LogP contribution in [0.2, 0.25) is 10.0 Å². The number of nitrogens with zero attached hydrogens (tertiary/aromatic N) is 2. The molecule has 27 heavy (non-hydrogen) atoms. The van der Waals surface area contributed by atoms with Gasteiger partial charge >= 0.3 is 0 Å². The fourth-order valence-corrected chi connectivity index (χ4v) is 3.71. The first-order chi connectivity index (χ1) is 12.8. The van der Waals surface area contributed by atoms with Crippen molar-refractivity contribution in [3.8, 4) is 10.8 Å². The van der Waals surface area contributed by atoms with Gasteiger partial charge in [0.05, 0.1) is 27.0 Å². The Morgan fingerprint density at radius 2 is 2.04 bits per heavy atom. The summed E-state index contributed by atoms with van der Waals surface area (Å²) >= 11 is 13.6. The minimum atomic E-state index is -0.00907. The monoisotopic (exact) mass is 422 g/mol. The number of aryl methyl sites for hydroxylation is 1. The number of hydrogen-bond donors (Lipinski definition) is 0. The fourth-order valence-electron chi connectivity index (χ4n) is 2.74. The van der Waals surface area contributed by atoms with E-state index in [1.165, 1.54) is 0 Å². The number of oxazole rings is 1. The van der Waals surface area contributed by atoms with Gasteiger partial charge in [0.1, 0.15) is 5.76 Å². The van der Waals surface area contributed by atoms with Crippen LogP contribution < -0.4 is 0 Å². The van der Waals surface area contributed by atoms with Crippen LogP contribution in [-0.4, -0.2) is 21.8 Å². The number of aromatic nitrogens is 1. The Labute approximate surface area is 172 Å². The molecule has 142 valence electrons. The van der Waals surface area contributed by atoms with E-state index >= 15 is 0 Å². The number of carbonyl (C=O) groups is 1. The van der Waals surface area contributed by atoms with Gasteiger partial charge in [0.2, 0.25) is 11.8 Å². The average molecular weight is 423 g/mol. The lowest BCUT2D eigenvalue weighted by atomic mass is 10.1. The molecule has 0 atom stereocenters. The van der Waals surface area contributed by atoms with Crippen LogP contribution >= 0.6 is 34.5 Å². The van der Waals surface area contributed by atoms with Crippen molar-refractivity contribution in [2.75, 3.05) is 0 Å². The predicted molar refractivity (Wildman–Crippen MR) is 110 cm³/mol. The maximum absolute atomic E-state index is 12.9. The van der Waals surface area contributed by atoms with Gasteiger partial charge in [-0.2, -0.15) is 0 Å². The Bertz CT molecular complexity index is 936. The Kier molecular flexibility index (Phi) is 6.25. The lowest BCUT2D eigenvalue weighted by molar-refractivity contribution is -0.132. The summed E-state index contributed by atoms with van der Waals surface area (Å²) < 4.78 is 5.74. The molecule has 1 aromatic carbocycles. The lowest BCUT2D eigenvalue weighted by Crippen LogP contribution is -2.37. The molecule has 2 aromatic heterocycles. The zero-order valence-corrected chi connectivity index (χ0v) is 17.7. The first kappa shape index (κ1) is 19.9. The van der Waals surface area contributed by atoms with Gasteiger partial charge < -0.3 is 9.32 Å². The molecule has 0 saturated heterocycles. The molecule has 0 aliphatic rings. The van der Waals surface area contributed by atoms with Gasteiger partial charge in [-0.3, -0.25) is 4.79 Å². The molecule has 0 radical (unpaired) electrons. The van der Waals surface area contributed by atoms with Gasteiger partial charge in [-0.25, -0.2) is 4.98 Å². The van der Waals surface area contributed by atoms with E-state index in [1.807, 2.05) is 44.4 Å². The Morgan fingerprint density at radius 3 is 2.67 bits per heavy atom. The third-order valence-electron chi connectivity index (χ3n) is 4.22. The van der Waals surface area contributed by atoms with E-state index in [2.05, 4.69) is 4.98 Å². The van der Waals surface area contributed by atoms with Crippen molar-refractivity contribution < 1.29 is 9.21 Å². The third kappa shape index (κ3) is 4.72. The molecule has 0 aliphatic heterocycles. The normalized spacial score (nSPS) is 11.2. The summed E-state index contributed by atoms with van der Waals surface area (Å²) in [6.45, 7) is 6.28. The van der Waals surface area contributed by atoms with E-state index in [9.17, 15) is 4.79 Å². The molecule has 0 N–H and O–H groups in total. The molecule has 2 heterocycles. The van der Waals surface area contributed by atoms with Gasteiger partial charge in [0.15, 0.2) is 0 Å². The molecule has 0 spiro atoms. The molecule has 0 unspecified atom stereocenters. The van der Waals surface area contributed by atoms with E-state index in [-0.39, 0.29) is 18.4 Å². The van der Waals surface area contributed by atoms with Crippen molar-refractivity contribution in [2.45, 2.75) is 39.8 Å². The van der Waals surface area contributed by atoms with Gasteiger partial charge in [-0.05, 0) is 49.9 Å². The highest BCUT2D eigenvalue weighted by molar-refractivity contribution is 7.13. The summed E-state index contributed by atoms with van der Waals surface area (Å²) in [7, 11) is 0. The van der Waals surface area contributed by atoms with Crippen molar-refractivity contribution in [3.63, 3.8) is 0 Å². The zero-order chi connectivity index (χ0) is 19.6. The standard InChI is InChI=1S/C20H20Cl2N2O2S/c1-12(2)24(11-14-6-7-15(21)16(22)9-14)19(25)10-17-13(3)26-20(23-17)18-5-4-8-27-18/h4-9,12H,10-11H2,1-3H3. The zero-order valence-electron chi connectivity index (χ0n) is 15.3. The van der Waals surface area contributed by atoms with Crippen molar-refractivity contribution in [3.05, 3.63) is 62.8 Å². The van der Waals surface area contributed by atoms with Crippen molar-refractivity contribution in [1.82, 2.24) is 9.88 Å². The Morgan fingerprint density at radius 1 is 1.26 bits per heavy atom. The topological polar surface area (TPSA) is 46.3 Å². The largest absolute Gasteiger partial charge is 0.440 e. The maximum Gasteiger partial charge on any atom is 0.236 e. The van der Waals surface area contributed by atoms with Crippen LogP contribution in [0.15, 0.2) is 40.1 Å². The molecule has 0 saturated carbocycles. The van der Waals surface area contributed by atoms with Crippen LogP contribution in [0.3, 0.4) is 0 Å². The minimum Gasteiger partial charge on any atom is -0.440 e. The number of hydrogen-bond acceptors (Lipinski definition) is 4. The minimum absolute atomic E-state index is 0.00907. The molecule has 1 amide bonds. The molecule has 7 heteroatoms. The average Bonchev–Trinajstić information content (AvgIpc) is 3.26. The first-order valence-corrected chi connectivity index (χ1v) is 10.2. The number of rotatable bonds is 6. The number of benzene rings is 1. The number of thiophene rings is 1. The van der Waals surface area contributed by atoms with Crippen LogP contribution in [0.4, 0.5) is 0 Å². The van der Waals surface area contributed by atoms with E-state index in [0.717, 1.165) is 10.4 Å². The van der Waals surface area contributed by atoms with E-state index in [4.69, 9.17) is 27.6 Å². The van der Waals surface area contributed by atoms with Crippen LogP contribution in [0.5, 0.6) is 0 Å². The third-order valence-corrected chi connectivity index (χ3v) is 5.82. The second kappa shape index (κ2) is 8.46. The Hall–Kier alpha value is -1.82. The van der Waals surface area contributed by atoms with Crippen molar-refractivity contribution in [2.24, 2.45) is 0 Å². The molecule has 4 nitrogen and oxygen atoms in total. The molecule has 3 rings (SSSR count). The molecule has 0 bridgehead atoms. The number of halogens is 2. The van der Waals surface area contributed by atoms with Gasteiger partial charge in [-0.15, -0.1) is 11.3 Å². The molecule has 3 aromatic rings. The highest BCUT2D eigenvalue weighted by Gasteiger charge is 2.22. The van der Waals surface area contributed by atoms with Crippen LogP contribution in [0.1, 0.15) is 30.9 Å². The highest BCUT2D eigenvalue weighted by Crippen LogP contribution is 2.27. The highest BCUT2D eigenvalue weighted by atomic mass is 35.5. The van der Waals surface area contributed by atoms with E-state index < -0.39 is 0 Å². The molecule has 0 fully saturated rings. The SMILES string of the molecule is Cc1oc(-c2cccs2)nc1CC(=O)N(Cc1ccc(Cl)c(Cl)c1)C(C)C. The fraction of sp³-hybridized carbons (Fsp3) is 0.300. The smallest absolute Gasteiger partial charge is 0.236 e. The summed E-state index contributed by atoms with van der Waals surface area (Å²) in [6.07, 6.45) is 0.195. The quantitative estimate of drug-likeness (QED) is 0.489. The summed E-state index contributed by atoms with van der Waals surface area (Å²) in [5, 5.41) is 2.96. The summed E-state index contributed by atoms with van der Waals surface area (Å²) in [5.74, 6) is 1.22. The van der Waals surface area contributed by atoms with Crippen LogP contribution in [-0.2, 0) is 17.8 Å². The summed E-state index contributed by atoms with van der Waals surface area (Å²) in [5.41, 5.74) is 1.60. The van der Waals surface area contributed by atoms with Crippen molar-refractivity contribution in [1.29, 1.82) is 0 Å². The summed E-state index contributed by atoms with van der Waals surface area (Å²) in [4.78, 5) is 20.2. The Balaban J connectivity index is 1.76. The van der Waals surface area contributed by atoms with Crippen molar-refractivity contribution >= 4 is 40.4 Å². The number of carbonyl (C=O) groups excluding carboxylic acids is 1. The molecular weight excluding hydrogens is 403 g/mol. The van der Waals surface area contributed by atoms with Gasteiger partial charge in [0.25, 0.3) is 0 Å². The van der Waals surface area contributed by atoms with Gasteiger partial charge in [0, 0.05) is 12.6 Å². The maximum atomic E-state index is 12.9. The second-order valence-electron chi connectivity index (χ2n) is 6.54. The number of amides is 1. The van der Waals surface area contributed by atoms with Gasteiger partial charge in [-0.1, -0.05) is 35.3 Å². The molecular formula is C20H20Cl2N2O2S. The first-order valence-electron chi connectivity index (χ1n) is 8.58. The molecule has 0 aliphatic carbocycles. The van der Waals surface area contributed by atoms with E-state index in [0.29, 0.717) is 33.9 Å². The van der Waals surface area contributed by atoms with Crippen LogP contribution in [0.25, 0.3) is 10.8 Å². The second-order valence-corrected chi connectivity index (χ2v) is 8.30. The van der Waals surface area contributed by atoms with E-state index in [1.54, 1.807) is 28.4 Å². The summed E-state index contributed by atoms with van der Waals surface area (Å²) in [6, 6.07) is 9.36. The van der Waals surface area contributed by atoms with Crippen LogP contribution in [0, 0.1) is 6.92 Å². The predicted octanol–water partition coefficient (Wildman–Crippen LogP) is 6.00. The lowest BCUT2D eigenvalue weighted by Gasteiger charge is -2.27.